The maximum absolute atomic E-state index is 11.5. The average Bonchev–Trinajstić information content (AvgIpc) is 2.74. The van der Waals surface area contributed by atoms with Gasteiger partial charge in [0.2, 0.25) is 0 Å². The van der Waals surface area contributed by atoms with Gasteiger partial charge >= 0.3 is 12.0 Å². The number of hydrogen-bond acceptors (Lipinski definition) is 3. The molecule has 0 aromatic heterocycles. The standard InChI is InChI=1S/C11H20N2O4/c1-7(2)9(10(14)15)13-11(16)12-5-8-3-4-17-6-8/h7-9H,3-6H2,1-2H3,(H,14,15)(H2,12,13,16)/t8?,9-/m1/s1. The monoisotopic (exact) mass is 244 g/mol. The Labute approximate surface area is 101 Å². The number of amides is 2. The Kier molecular flexibility index (Phi) is 5.21. The highest BCUT2D eigenvalue weighted by molar-refractivity contribution is 5.82. The van der Waals surface area contributed by atoms with Gasteiger partial charge in [0, 0.05) is 19.1 Å². The first-order valence-electron chi connectivity index (χ1n) is 5.85. The molecule has 1 unspecified atom stereocenters. The van der Waals surface area contributed by atoms with Crippen LogP contribution >= 0.6 is 0 Å². The van der Waals surface area contributed by atoms with Crippen molar-refractivity contribution in [2.75, 3.05) is 19.8 Å². The Morgan fingerprint density at radius 3 is 2.65 bits per heavy atom. The van der Waals surface area contributed by atoms with E-state index in [0.717, 1.165) is 13.0 Å². The number of nitrogens with one attached hydrogen (secondary N) is 2. The Balaban J connectivity index is 2.29. The van der Waals surface area contributed by atoms with E-state index in [4.69, 9.17) is 9.84 Å². The molecule has 3 N–H and O–H groups in total. The molecule has 1 heterocycles. The van der Waals surface area contributed by atoms with Crippen LogP contribution in [0.4, 0.5) is 4.79 Å². The van der Waals surface area contributed by atoms with Gasteiger partial charge in [0.15, 0.2) is 0 Å². The highest BCUT2D eigenvalue weighted by atomic mass is 16.5. The van der Waals surface area contributed by atoms with Crippen molar-refractivity contribution in [2.45, 2.75) is 26.3 Å². The van der Waals surface area contributed by atoms with Crippen molar-refractivity contribution in [3.05, 3.63) is 0 Å². The summed E-state index contributed by atoms with van der Waals surface area (Å²) in [6.07, 6.45) is 0.937. The van der Waals surface area contributed by atoms with E-state index in [1.807, 2.05) is 0 Å². The second kappa shape index (κ2) is 6.44. The van der Waals surface area contributed by atoms with E-state index in [1.54, 1.807) is 13.8 Å². The SMILES string of the molecule is CC(C)[C@@H](NC(=O)NCC1CCOC1)C(=O)O. The second-order valence-corrected chi connectivity index (χ2v) is 4.64. The van der Waals surface area contributed by atoms with Crippen molar-refractivity contribution in [3.63, 3.8) is 0 Å². The van der Waals surface area contributed by atoms with Crippen LogP contribution in [-0.4, -0.2) is 42.9 Å². The van der Waals surface area contributed by atoms with Crippen molar-refractivity contribution in [2.24, 2.45) is 11.8 Å². The summed E-state index contributed by atoms with van der Waals surface area (Å²) in [6, 6.07) is -1.28. The van der Waals surface area contributed by atoms with E-state index in [0.29, 0.717) is 19.1 Å². The Hall–Kier alpha value is -1.30. The summed E-state index contributed by atoms with van der Waals surface area (Å²) < 4.78 is 5.18. The third-order valence-electron chi connectivity index (χ3n) is 2.79. The van der Waals surface area contributed by atoms with Crippen molar-refractivity contribution in [1.82, 2.24) is 10.6 Å². The zero-order chi connectivity index (χ0) is 12.8. The lowest BCUT2D eigenvalue weighted by atomic mass is 10.1. The molecule has 0 saturated carbocycles. The molecule has 0 bridgehead atoms. The molecule has 17 heavy (non-hydrogen) atoms. The number of carboxylic acid groups (broad SMARTS) is 1. The molecule has 1 aliphatic heterocycles. The number of carbonyl (C=O) groups excluding carboxylic acids is 1. The first-order chi connectivity index (χ1) is 8.00. The summed E-state index contributed by atoms with van der Waals surface area (Å²) in [6.45, 7) is 5.43. The molecule has 0 aromatic rings. The highest BCUT2D eigenvalue weighted by Gasteiger charge is 2.24. The molecule has 0 spiro atoms. The molecular weight excluding hydrogens is 224 g/mol. The van der Waals surface area contributed by atoms with Gasteiger partial charge in [0.25, 0.3) is 0 Å². The summed E-state index contributed by atoms with van der Waals surface area (Å²) in [5.74, 6) is -0.824. The van der Waals surface area contributed by atoms with Crippen LogP contribution in [0.3, 0.4) is 0 Å². The van der Waals surface area contributed by atoms with E-state index >= 15 is 0 Å². The topological polar surface area (TPSA) is 87.7 Å². The normalized spacial score (nSPS) is 21.2. The lowest BCUT2D eigenvalue weighted by Gasteiger charge is -2.19. The van der Waals surface area contributed by atoms with Crippen molar-refractivity contribution in [1.29, 1.82) is 0 Å². The number of hydrogen-bond donors (Lipinski definition) is 3. The van der Waals surface area contributed by atoms with Gasteiger partial charge in [-0.3, -0.25) is 0 Å². The number of carboxylic acids is 1. The zero-order valence-electron chi connectivity index (χ0n) is 10.2. The molecule has 1 saturated heterocycles. The molecule has 2 atom stereocenters. The van der Waals surface area contributed by atoms with Crippen LogP contribution in [0.5, 0.6) is 0 Å². The van der Waals surface area contributed by atoms with Crippen molar-refractivity contribution in [3.8, 4) is 0 Å². The van der Waals surface area contributed by atoms with E-state index in [9.17, 15) is 9.59 Å². The molecule has 1 rings (SSSR count). The summed E-state index contributed by atoms with van der Waals surface area (Å²) in [7, 11) is 0. The van der Waals surface area contributed by atoms with E-state index in [1.165, 1.54) is 0 Å². The maximum atomic E-state index is 11.5. The minimum absolute atomic E-state index is 0.145. The number of urea groups is 1. The molecule has 98 valence electrons. The predicted molar refractivity (Wildman–Crippen MR) is 61.7 cm³/mol. The van der Waals surface area contributed by atoms with E-state index in [2.05, 4.69) is 10.6 Å². The van der Waals surface area contributed by atoms with Crippen molar-refractivity contribution >= 4 is 12.0 Å². The zero-order valence-corrected chi connectivity index (χ0v) is 10.2. The lowest BCUT2D eigenvalue weighted by Crippen LogP contribution is -2.49. The van der Waals surface area contributed by atoms with Gasteiger partial charge in [-0.2, -0.15) is 0 Å². The molecule has 1 aliphatic rings. The third kappa shape index (κ3) is 4.60. The number of ether oxygens (including phenoxy) is 1. The van der Waals surface area contributed by atoms with Gasteiger partial charge in [0.05, 0.1) is 6.61 Å². The molecule has 2 amide bonds. The Bertz CT molecular complexity index is 275. The quantitative estimate of drug-likeness (QED) is 0.654. The molecular formula is C11H20N2O4. The summed E-state index contributed by atoms with van der Waals surface area (Å²) in [4.78, 5) is 22.4. The van der Waals surface area contributed by atoms with E-state index in [-0.39, 0.29) is 5.92 Å². The average molecular weight is 244 g/mol. The van der Waals surface area contributed by atoms with Gasteiger partial charge in [-0.25, -0.2) is 9.59 Å². The van der Waals surface area contributed by atoms with Crippen LogP contribution in [0.1, 0.15) is 20.3 Å². The summed E-state index contributed by atoms with van der Waals surface area (Å²) >= 11 is 0. The van der Waals surface area contributed by atoms with Gasteiger partial charge in [-0.15, -0.1) is 0 Å². The van der Waals surface area contributed by atoms with Crippen LogP contribution in [0.25, 0.3) is 0 Å². The molecule has 6 heteroatoms. The van der Waals surface area contributed by atoms with Crippen LogP contribution < -0.4 is 10.6 Å². The summed E-state index contributed by atoms with van der Waals surface area (Å²) in [5.41, 5.74) is 0. The molecule has 1 fully saturated rings. The van der Waals surface area contributed by atoms with E-state index < -0.39 is 18.0 Å². The van der Waals surface area contributed by atoms with Crippen molar-refractivity contribution < 1.29 is 19.4 Å². The minimum Gasteiger partial charge on any atom is -0.480 e. The van der Waals surface area contributed by atoms with Crippen LogP contribution in [0, 0.1) is 11.8 Å². The number of aliphatic carboxylic acids is 1. The van der Waals surface area contributed by atoms with Gasteiger partial charge in [-0.1, -0.05) is 13.8 Å². The molecule has 0 aromatic carbocycles. The Morgan fingerprint density at radius 2 is 2.18 bits per heavy atom. The summed E-state index contributed by atoms with van der Waals surface area (Å²) in [5, 5.41) is 14.0. The molecule has 0 aliphatic carbocycles. The molecule has 0 radical (unpaired) electrons. The van der Waals surface area contributed by atoms with Gasteiger partial charge < -0.3 is 20.5 Å². The molecule has 6 nitrogen and oxygen atoms in total. The largest absolute Gasteiger partial charge is 0.480 e. The Morgan fingerprint density at radius 1 is 1.47 bits per heavy atom. The lowest BCUT2D eigenvalue weighted by molar-refractivity contribution is -0.140. The fourth-order valence-electron chi connectivity index (χ4n) is 1.69. The third-order valence-corrected chi connectivity index (χ3v) is 2.79. The fraction of sp³-hybridized carbons (Fsp3) is 0.818. The fourth-order valence-corrected chi connectivity index (χ4v) is 1.69. The van der Waals surface area contributed by atoms with Gasteiger partial charge in [-0.05, 0) is 12.3 Å². The van der Waals surface area contributed by atoms with Crippen LogP contribution in [0.2, 0.25) is 0 Å². The first-order valence-corrected chi connectivity index (χ1v) is 5.85. The minimum atomic E-state index is -1.01. The maximum Gasteiger partial charge on any atom is 0.326 e. The smallest absolute Gasteiger partial charge is 0.326 e. The predicted octanol–water partition coefficient (Wildman–Crippen LogP) is 0.431. The first kappa shape index (κ1) is 13.8. The highest BCUT2D eigenvalue weighted by Crippen LogP contribution is 2.10. The van der Waals surface area contributed by atoms with Gasteiger partial charge in [0.1, 0.15) is 6.04 Å². The second-order valence-electron chi connectivity index (χ2n) is 4.64. The van der Waals surface area contributed by atoms with Crippen LogP contribution in [-0.2, 0) is 9.53 Å². The number of rotatable bonds is 5. The number of carbonyl (C=O) groups is 2. The van der Waals surface area contributed by atoms with Crippen LogP contribution in [0.15, 0.2) is 0 Å².